The molecule has 2 amide bonds. The molecule has 5 heteroatoms. The summed E-state index contributed by atoms with van der Waals surface area (Å²) in [6, 6.07) is 1.40. The van der Waals surface area contributed by atoms with Gasteiger partial charge < -0.3 is 4.57 Å². The van der Waals surface area contributed by atoms with Crippen LogP contribution in [-0.4, -0.2) is 34.6 Å². The molecule has 0 aliphatic carbocycles. The van der Waals surface area contributed by atoms with Crippen molar-refractivity contribution in [2.45, 2.75) is 32.7 Å². The third kappa shape index (κ3) is 1.75. The van der Waals surface area contributed by atoms with Crippen LogP contribution >= 0.6 is 0 Å². The molecule has 2 rings (SSSR count). The van der Waals surface area contributed by atoms with E-state index in [0.717, 1.165) is 17.7 Å². The minimum Gasteiger partial charge on any atom is -0.336 e. The Morgan fingerprint density at radius 1 is 1.33 bits per heavy atom. The molecule has 1 aromatic heterocycles. The van der Waals surface area contributed by atoms with Crippen molar-refractivity contribution in [3.63, 3.8) is 0 Å². The van der Waals surface area contributed by atoms with E-state index in [4.69, 9.17) is 0 Å². The van der Waals surface area contributed by atoms with Gasteiger partial charge in [-0.15, -0.1) is 0 Å². The smallest absolute Gasteiger partial charge is 0.251 e. The van der Waals surface area contributed by atoms with E-state index in [1.165, 1.54) is 11.9 Å². The normalized spacial score (nSPS) is 20.4. The maximum absolute atomic E-state index is 12.1. The summed E-state index contributed by atoms with van der Waals surface area (Å²) in [6.45, 7) is 3.68. The summed E-state index contributed by atoms with van der Waals surface area (Å²) < 4.78 is 1.86. The van der Waals surface area contributed by atoms with Crippen molar-refractivity contribution in [1.29, 1.82) is 0 Å². The van der Waals surface area contributed by atoms with Crippen molar-refractivity contribution in [2.24, 2.45) is 0 Å². The van der Waals surface area contributed by atoms with E-state index in [-0.39, 0.29) is 17.9 Å². The van der Waals surface area contributed by atoms with Gasteiger partial charge in [0.1, 0.15) is 6.04 Å². The summed E-state index contributed by atoms with van der Waals surface area (Å²) in [5, 5.41) is 0. The lowest BCUT2D eigenvalue weighted by molar-refractivity contribution is -0.149. The third-order valence-corrected chi connectivity index (χ3v) is 3.58. The van der Waals surface area contributed by atoms with Gasteiger partial charge in [-0.1, -0.05) is 0 Å². The Kier molecular flexibility index (Phi) is 3.07. The summed E-state index contributed by atoms with van der Waals surface area (Å²) in [7, 11) is 1.51. The van der Waals surface area contributed by atoms with Crippen molar-refractivity contribution < 1.29 is 14.4 Å². The maximum atomic E-state index is 12.1. The molecule has 1 aliphatic heterocycles. The number of amides is 2. The van der Waals surface area contributed by atoms with Gasteiger partial charge in [0.25, 0.3) is 5.91 Å². The van der Waals surface area contributed by atoms with E-state index < -0.39 is 0 Å². The van der Waals surface area contributed by atoms with E-state index in [1.807, 2.05) is 18.4 Å². The zero-order valence-electron chi connectivity index (χ0n) is 10.8. The van der Waals surface area contributed by atoms with Gasteiger partial charge in [-0.25, -0.2) is 0 Å². The number of nitrogens with zero attached hydrogens (tertiary/aromatic N) is 2. The lowest BCUT2D eigenvalue weighted by Crippen LogP contribution is -2.43. The fourth-order valence-electron chi connectivity index (χ4n) is 2.54. The van der Waals surface area contributed by atoms with E-state index in [2.05, 4.69) is 0 Å². The molecule has 0 radical (unpaired) electrons. The molecule has 1 aliphatic rings. The molecule has 0 saturated carbocycles. The highest BCUT2D eigenvalue weighted by atomic mass is 16.2. The van der Waals surface area contributed by atoms with Crippen LogP contribution in [0.3, 0.4) is 0 Å². The number of hydrogen-bond donors (Lipinski definition) is 0. The number of imide groups is 1. The molecule has 5 nitrogen and oxygen atoms in total. The average Bonchev–Trinajstić information content (AvgIpc) is 2.63. The van der Waals surface area contributed by atoms with Gasteiger partial charge in [0.15, 0.2) is 6.29 Å². The minimum atomic E-state index is -0.374. The summed E-state index contributed by atoms with van der Waals surface area (Å²) in [5.41, 5.74) is 2.25. The van der Waals surface area contributed by atoms with Crippen LogP contribution in [-0.2, 0) is 9.59 Å². The van der Waals surface area contributed by atoms with Crippen LogP contribution in [0.5, 0.6) is 0 Å². The first-order valence-electron chi connectivity index (χ1n) is 5.91. The molecule has 96 valence electrons. The number of likely N-dealkylation sites (tertiary alicyclic amines) is 1. The lowest BCUT2D eigenvalue weighted by Gasteiger charge is -2.30. The SMILES string of the molecule is Cc1cc(C=O)c(C)n1C1CCC(=O)N(C)C1=O. The molecule has 0 aromatic carbocycles. The molecule has 0 N–H and O–H groups in total. The monoisotopic (exact) mass is 248 g/mol. The van der Waals surface area contributed by atoms with Crippen LogP contribution in [0.2, 0.25) is 0 Å². The van der Waals surface area contributed by atoms with Crippen LogP contribution in [0.15, 0.2) is 6.07 Å². The van der Waals surface area contributed by atoms with E-state index in [0.29, 0.717) is 18.4 Å². The molecular formula is C13H16N2O3. The second kappa shape index (κ2) is 4.40. The highest BCUT2D eigenvalue weighted by molar-refractivity contribution is 5.99. The Balaban J connectivity index is 2.43. The van der Waals surface area contributed by atoms with Crippen LogP contribution in [0, 0.1) is 13.8 Å². The van der Waals surface area contributed by atoms with Crippen molar-refractivity contribution in [3.05, 3.63) is 23.0 Å². The van der Waals surface area contributed by atoms with Crippen LogP contribution in [0.1, 0.15) is 40.6 Å². The third-order valence-electron chi connectivity index (χ3n) is 3.58. The second-order valence-electron chi connectivity index (χ2n) is 4.66. The standard InChI is InChI=1S/C13H16N2O3/c1-8-6-10(7-16)9(2)15(8)11-4-5-12(17)14(3)13(11)18/h6-7,11H,4-5H2,1-3H3. The molecule has 2 heterocycles. The number of carbonyl (C=O) groups excluding carboxylic acids is 3. The first-order chi connectivity index (χ1) is 8.47. The van der Waals surface area contributed by atoms with Gasteiger partial charge in [-0.3, -0.25) is 19.3 Å². The van der Waals surface area contributed by atoms with Gasteiger partial charge in [0, 0.05) is 30.4 Å². The summed E-state index contributed by atoms with van der Waals surface area (Å²) in [4.78, 5) is 35.7. The summed E-state index contributed by atoms with van der Waals surface area (Å²) in [6.07, 6.45) is 1.65. The lowest BCUT2D eigenvalue weighted by atomic mass is 10.0. The molecule has 0 bridgehead atoms. The van der Waals surface area contributed by atoms with Gasteiger partial charge in [0.05, 0.1) is 0 Å². The Hall–Kier alpha value is -1.91. The largest absolute Gasteiger partial charge is 0.336 e. The number of aryl methyl sites for hydroxylation is 1. The van der Waals surface area contributed by atoms with Crippen molar-refractivity contribution in [1.82, 2.24) is 9.47 Å². The van der Waals surface area contributed by atoms with E-state index in [1.54, 1.807) is 6.07 Å². The molecule has 1 saturated heterocycles. The summed E-state index contributed by atoms with van der Waals surface area (Å²) >= 11 is 0. The number of rotatable bonds is 2. The van der Waals surface area contributed by atoms with Gasteiger partial charge in [-0.05, 0) is 26.3 Å². The number of hydrogen-bond acceptors (Lipinski definition) is 3. The Morgan fingerprint density at radius 3 is 2.56 bits per heavy atom. The molecule has 0 spiro atoms. The van der Waals surface area contributed by atoms with E-state index >= 15 is 0 Å². The molecular weight excluding hydrogens is 232 g/mol. The predicted octanol–water partition coefficient (Wildman–Crippen LogP) is 1.24. The highest BCUT2D eigenvalue weighted by Crippen LogP contribution is 2.27. The van der Waals surface area contributed by atoms with Crippen molar-refractivity contribution in [3.8, 4) is 0 Å². The average molecular weight is 248 g/mol. The fourth-order valence-corrected chi connectivity index (χ4v) is 2.54. The summed E-state index contributed by atoms with van der Waals surface area (Å²) in [5.74, 6) is -0.347. The van der Waals surface area contributed by atoms with Crippen molar-refractivity contribution >= 4 is 18.1 Å². The van der Waals surface area contributed by atoms with Crippen LogP contribution < -0.4 is 0 Å². The number of piperidine rings is 1. The Bertz CT molecular complexity index is 531. The minimum absolute atomic E-state index is 0.144. The number of carbonyl (C=O) groups is 3. The van der Waals surface area contributed by atoms with Gasteiger partial charge in [0.2, 0.25) is 5.91 Å². The van der Waals surface area contributed by atoms with E-state index in [9.17, 15) is 14.4 Å². The topological polar surface area (TPSA) is 59.4 Å². The molecule has 1 aromatic rings. The quantitative estimate of drug-likeness (QED) is 0.584. The molecule has 1 fully saturated rings. The number of likely N-dealkylation sites (N-methyl/N-ethyl adjacent to an activating group) is 1. The predicted molar refractivity (Wildman–Crippen MR) is 65.3 cm³/mol. The van der Waals surface area contributed by atoms with Gasteiger partial charge in [-0.2, -0.15) is 0 Å². The number of aldehydes is 1. The van der Waals surface area contributed by atoms with Crippen LogP contribution in [0.4, 0.5) is 0 Å². The van der Waals surface area contributed by atoms with Crippen LogP contribution in [0.25, 0.3) is 0 Å². The maximum Gasteiger partial charge on any atom is 0.251 e. The first-order valence-corrected chi connectivity index (χ1v) is 5.91. The Morgan fingerprint density at radius 2 is 2.00 bits per heavy atom. The first kappa shape index (κ1) is 12.5. The molecule has 1 atom stereocenters. The molecule has 18 heavy (non-hydrogen) atoms. The van der Waals surface area contributed by atoms with Crippen molar-refractivity contribution in [2.75, 3.05) is 7.05 Å². The Labute approximate surface area is 105 Å². The zero-order chi connectivity index (χ0) is 13.4. The fraction of sp³-hybridized carbons (Fsp3) is 0.462. The molecule has 1 unspecified atom stereocenters. The highest BCUT2D eigenvalue weighted by Gasteiger charge is 2.34. The van der Waals surface area contributed by atoms with Gasteiger partial charge >= 0.3 is 0 Å². The number of aromatic nitrogens is 1. The zero-order valence-corrected chi connectivity index (χ0v) is 10.8. The second-order valence-corrected chi connectivity index (χ2v) is 4.66.